The lowest BCUT2D eigenvalue weighted by Gasteiger charge is -2.44. The molecular weight excluding hydrogens is 302 g/mol. The van der Waals surface area contributed by atoms with E-state index in [1.54, 1.807) is 0 Å². The monoisotopic (exact) mass is 339 g/mol. The van der Waals surface area contributed by atoms with Crippen LogP contribution in [0.25, 0.3) is 0 Å². The minimum absolute atomic E-state index is 0.178. The van der Waals surface area contributed by atoms with Gasteiger partial charge >= 0.3 is 0 Å². The molecule has 1 aliphatic carbocycles. The van der Waals surface area contributed by atoms with E-state index in [9.17, 15) is 0 Å². The zero-order chi connectivity index (χ0) is 17.4. The van der Waals surface area contributed by atoms with E-state index in [0.717, 1.165) is 58.3 Å². The summed E-state index contributed by atoms with van der Waals surface area (Å²) in [7, 11) is 4.36. The van der Waals surface area contributed by atoms with Gasteiger partial charge in [-0.05, 0) is 45.8 Å². The van der Waals surface area contributed by atoms with Gasteiger partial charge in [-0.15, -0.1) is 0 Å². The van der Waals surface area contributed by atoms with Gasteiger partial charge in [0.1, 0.15) is 0 Å². The molecule has 2 rings (SSSR count). The predicted octanol–water partition coefficient (Wildman–Crippen LogP) is 1.12. The summed E-state index contributed by atoms with van der Waals surface area (Å²) in [5, 5.41) is 3.28. The summed E-state index contributed by atoms with van der Waals surface area (Å²) in [6.45, 7) is 8.96. The number of hydrogen-bond acceptors (Lipinski definition) is 4. The Morgan fingerprint density at radius 1 is 1.38 bits per heavy atom. The highest BCUT2D eigenvalue weighted by molar-refractivity contribution is 5.77. The zero-order valence-corrected chi connectivity index (χ0v) is 15.9. The summed E-state index contributed by atoms with van der Waals surface area (Å²) >= 11 is 0. The molecule has 0 spiro atoms. The van der Waals surface area contributed by atoms with Crippen molar-refractivity contribution in [1.29, 1.82) is 0 Å². The van der Waals surface area contributed by atoms with E-state index in [4.69, 9.17) is 10.5 Å². The molecule has 0 aromatic rings. The molecule has 0 aromatic carbocycles. The molecule has 0 bridgehead atoms. The van der Waals surface area contributed by atoms with Crippen molar-refractivity contribution in [2.75, 3.05) is 60.0 Å². The fourth-order valence-corrected chi connectivity index (χ4v) is 3.96. The number of nitrogens with zero attached hydrogens (tertiary/aromatic N) is 3. The first-order valence-corrected chi connectivity index (χ1v) is 9.53. The number of ether oxygens (including phenoxy) is 1. The van der Waals surface area contributed by atoms with E-state index in [-0.39, 0.29) is 5.54 Å². The minimum Gasteiger partial charge on any atom is -0.379 e. The summed E-state index contributed by atoms with van der Waals surface area (Å²) in [6.07, 6.45) is 6.16. The molecule has 24 heavy (non-hydrogen) atoms. The second-order valence-corrected chi connectivity index (χ2v) is 7.76. The molecule has 0 radical (unpaired) electrons. The summed E-state index contributed by atoms with van der Waals surface area (Å²) in [6, 6.07) is 0. The highest BCUT2D eigenvalue weighted by Crippen LogP contribution is 2.35. The van der Waals surface area contributed by atoms with Gasteiger partial charge < -0.3 is 20.7 Å². The lowest BCUT2D eigenvalue weighted by Crippen LogP contribution is -2.50. The number of morpholine rings is 1. The number of guanidine groups is 1. The lowest BCUT2D eigenvalue weighted by molar-refractivity contribution is 0.0376. The van der Waals surface area contributed by atoms with Crippen molar-refractivity contribution in [2.24, 2.45) is 16.6 Å². The average molecular weight is 340 g/mol. The summed E-state index contributed by atoms with van der Waals surface area (Å²) < 4.78 is 5.37. The topological polar surface area (TPSA) is 66.1 Å². The van der Waals surface area contributed by atoms with Crippen LogP contribution in [0, 0.1) is 5.92 Å². The van der Waals surface area contributed by atoms with Crippen LogP contribution in [0.3, 0.4) is 0 Å². The Balaban J connectivity index is 1.71. The van der Waals surface area contributed by atoms with Crippen molar-refractivity contribution in [1.82, 2.24) is 15.1 Å². The molecule has 3 N–H and O–H groups in total. The smallest absolute Gasteiger partial charge is 0.188 e. The Morgan fingerprint density at radius 2 is 2.12 bits per heavy atom. The number of nitrogens with one attached hydrogen (secondary N) is 1. The maximum absolute atomic E-state index is 6.09. The minimum atomic E-state index is 0.178. The van der Waals surface area contributed by atoms with Gasteiger partial charge in [-0.2, -0.15) is 0 Å². The first-order valence-electron chi connectivity index (χ1n) is 9.53. The summed E-state index contributed by atoms with van der Waals surface area (Å²) in [5.74, 6) is 1.37. The average Bonchev–Trinajstić information content (AvgIpc) is 2.58. The highest BCUT2D eigenvalue weighted by atomic mass is 16.5. The van der Waals surface area contributed by atoms with E-state index >= 15 is 0 Å². The Morgan fingerprint density at radius 3 is 2.79 bits per heavy atom. The largest absolute Gasteiger partial charge is 0.379 e. The van der Waals surface area contributed by atoms with Gasteiger partial charge in [-0.1, -0.05) is 19.8 Å². The molecule has 1 saturated heterocycles. The third kappa shape index (κ3) is 5.90. The quantitative estimate of drug-likeness (QED) is 0.413. The van der Waals surface area contributed by atoms with Crippen molar-refractivity contribution < 1.29 is 4.74 Å². The second-order valence-electron chi connectivity index (χ2n) is 7.76. The van der Waals surface area contributed by atoms with Gasteiger partial charge in [0.25, 0.3) is 0 Å². The van der Waals surface area contributed by atoms with Crippen molar-refractivity contribution >= 4 is 5.96 Å². The van der Waals surface area contributed by atoms with Gasteiger partial charge in [0.15, 0.2) is 5.96 Å². The molecule has 2 atom stereocenters. The van der Waals surface area contributed by atoms with E-state index in [1.807, 2.05) is 0 Å². The number of nitrogens with two attached hydrogens (primary N) is 1. The van der Waals surface area contributed by atoms with Gasteiger partial charge in [-0.25, -0.2) is 0 Å². The van der Waals surface area contributed by atoms with Gasteiger partial charge in [0.2, 0.25) is 0 Å². The van der Waals surface area contributed by atoms with Crippen LogP contribution in [-0.4, -0.2) is 81.3 Å². The molecule has 2 unspecified atom stereocenters. The molecule has 0 amide bonds. The molecule has 1 saturated carbocycles. The molecule has 2 aliphatic rings. The fraction of sp³-hybridized carbons (Fsp3) is 0.944. The Bertz CT molecular complexity index is 395. The Labute approximate surface area is 147 Å². The maximum atomic E-state index is 6.09. The molecule has 6 nitrogen and oxygen atoms in total. The van der Waals surface area contributed by atoms with Gasteiger partial charge in [0.05, 0.1) is 19.8 Å². The predicted molar refractivity (Wildman–Crippen MR) is 100 cm³/mol. The van der Waals surface area contributed by atoms with Gasteiger partial charge in [0, 0.05) is 25.2 Å². The number of hydrogen-bond donors (Lipinski definition) is 2. The lowest BCUT2D eigenvalue weighted by atomic mass is 9.75. The van der Waals surface area contributed by atoms with E-state index in [2.05, 4.69) is 41.1 Å². The van der Waals surface area contributed by atoms with E-state index in [0.29, 0.717) is 5.96 Å². The SMILES string of the molecule is CC1CCCC(CN=C(N)NCCCN2CCOCC2)(N(C)C)C1. The molecule has 1 aliphatic heterocycles. The Hall–Kier alpha value is -0.850. The number of likely N-dealkylation sites (N-methyl/N-ethyl adjacent to an activating group) is 1. The van der Waals surface area contributed by atoms with Crippen LogP contribution in [0.2, 0.25) is 0 Å². The number of rotatable bonds is 7. The van der Waals surface area contributed by atoms with E-state index in [1.165, 1.54) is 25.7 Å². The fourth-order valence-electron chi connectivity index (χ4n) is 3.96. The van der Waals surface area contributed by atoms with Crippen LogP contribution in [0.1, 0.15) is 39.0 Å². The molecule has 2 fully saturated rings. The first-order chi connectivity index (χ1) is 11.5. The third-order valence-electron chi connectivity index (χ3n) is 5.62. The Kier molecular flexibility index (Phi) is 7.78. The van der Waals surface area contributed by atoms with Crippen molar-refractivity contribution in [3.05, 3.63) is 0 Å². The molecule has 6 heteroatoms. The summed E-state index contributed by atoms with van der Waals surface area (Å²) in [5.41, 5.74) is 6.27. The third-order valence-corrected chi connectivity index (χ3v) is 5.62. The summed E-state index contributed by atoms with van der Waals surface area (Å²) in [4.78, 5) is 9.47. The molecular formula is C18H37N5O. The van der Waals surface area contributed by atoms with Crippen LogP contribution in [0.15, 0.2) is 4.99 Å². The van der Waals surface area contributed by atoms with Crippen LogP contribution in [0.5, 0.6) is 0 Å². The van der Waals surface area contributed by atoms with Crippen LogP contribution in [-0.2, 0) is 4.74 Å². The standard InChI is InChI=1S/C18H37N5O/c1-16-6-4-7-18(14-16,22(2)3)15-21-17(19)20-8-5-9-23-10-12-24-13-11-23/h16H,4-15H2,1-3H3,(H3,19,20,21). The molecule has 1 heterocycles. The maximum Gasteiger partial charge on any atom is 0.188 e. The van der Waals surface area contributed by atoms with Crippen LogP contribution >= 0.6 is 0 Å². The van der Waals surface area contributed by atoms with Crippen molar-refractivity contribution in [3.63, 3.8) is 0 Å². The van der Waals surface area contributed by atoms with Crippen molar-refractivity contribution in [3.8, 4) is 0 Å². The van der Waals surface area contributed by atoms with E-state index < -0.39 is 0 Å². The van der Waals surface area contributed by atoms with Crippen LogP contribution in [0.4, 0.5) is 0 Å². The first kappa shape index (κ1) is 19.5. The number of aliphatic imine (C=N–C) groups is 1. The van der Waals surface area contributed by atoms with Crippen LogP contribution < -0.4 is 11.1 Å². The van der Waals surface area contributed by atoms with Gasteiger partial charge in [-0.3, -0.25) is 9.89 Å². The molecule has 0 aromatic heterocycles. The zero-order valence-electron chi connectivity index (χ0n) is 15.9. The highest BCUT2D eigenvalue weighted by Gasteiger charge is 2.36. The normalized spacial score (nSPS) is 29.8. The second kappa shape index (κ2) is 9.59. The van der Waals surface area contributed by atoms with Crippen molar-refractivity contribution in [2.45, 2.75) is 44.6 Å². The molecule has 140 valence electrons.